The molecule has 0 heterocycles. The highest BCUT2D eigenvalue weighted by molar-refractivity contribution is 5.72. The van der Waals surface area contributed by atoms with Crippen molar-refractivity contribution in [2.24, 2.45) is 0 Å². The molecule has 0 saturated heterocycles. The Kier molecular flexibility index (Phi) is 3.78. The lowest BCUT2D eigenvalue weighted by Gasteiger charge is -2.11. The Balaban J connectivity index is 3.10. The molecule has 1 atom stereocenters. The van der Waals surface area contributed by atoms with E-state index in [-0.39, 0.29) is 11.3 Å². The predicted molar refractivity (Wildman–Crippen MR) is 50.3 cm³/mol. The minimum absolute atomic E-state index is 0.000741. The van der Waals surface area contributed by atoms with Crippen LogP contribution in [-0.2, 0) is 11.2 Å². The molecule has 1 unspecified atom stereocenters. The van der Waals surface area contributed by atoms with E-state index in [9.17, 15) is 13.6 Å². The number of halogens is 2. The second-order valence-corrected chi connectivity index (χ2v) is 3.10. The van der Waals surface area contributed by atoms with Crippen LogP contribution >= 0.6 is 0 Å². The molecule has 4 nitrogen and oxygen atoms in total. The maximum absolute atomic E-state index is 13.3. The molecular weight excluding hydrogens is 222 g/mol. The van der Waals surface area contributed by atoms with Crippen LogP contribution in [-0.4, -0.2) is 29.4 Å². The third-order valence-electron chi connectivity index (χ3n) is 2.06. The number of benzene rings is 1. The van der Waals surface area contributed by atoms with Crippen LogP contribution in [0.5, 0.6) is 5.75 Å². The number of aliphatic carboxylic acids is 1. The molecule has 0 saturated carbocycles. The van der Waals surface area contributed by atoms with Gasteiger partial charge in [0.25, 0.3) is 0 Å². The van der Waals surface area contributed by atoms with Crippen molar-refractivity contribution in [3.8, 4) is 5.75 Å². The summed E-state index contributed by atoms with van der Waals surface area (Å²) in [6.07, 6.45) is -2.35. The molecule has 0 aliphatic rings. The van der Waals surface area contributed by atoms with E-state index in [1.165, 1.54) is 13.2 Å². The van der Waals surface area contributed by atoms with Crippen molar-refractivity contribution in [1.29, 1.82) is 0 Å². The molecule has 1 aromatic carbocycles. The van der Waals surface area contributed by atoms with Gasteiger partial charge in [0, 0.05) is 12.0 Å². The van der Waals surface area contributed by atoms with Gasteiger partial charge in [0.15, 0.2) is 17.7 Å². The summed E-state index contributed by atoms with van der Waals surface area (Å²) in [7, 11) is 1.24. The molecule has 0 radical (unpaired) electrons. The van der Waals surface area contributed by atoms with E-state index in [0.717, 1.165) is 6.07 Å². The van der Waals surface area contributed by atoms with Gasteiger partial charge in [-0.15, -0.1) is 0 Å². The van der Waals surface area contributed by atoms with Crippen LogP contribution in [0.25, 0.3) is 0 Å². The van der Waals surface area contributed by atoms with Gasteiger partial charge in [-0.25, -0.2) is 13.6 Å². The Morgan fingerprint density at radius 1 is 1.50 bits per heavy atom. The molecule has 0 spiro atoms. The van der Waals surface area contributed by atoms with Gasteiger partial charge < -0.3 is 14.9 Å². The molecule has 1 aromatic rings. The third kappa shape index (κ3) is 2.46. The van der Waals surface area contributed by atoms with Crippen LogP contribution in [0.2, 0.25) is 0 Å². The molecule has 0 fully saturated rings. The van der Waals surface area contributed by atoms with Crippen LogP contribution < -0.4 is 4.74 Å². The highest BCUT2D eigenvalue weighted by atomic mass is 19.2. The van der Waals surface area contributed by atoms with E-state index in [0.29, 0.717) is 0 Å². The zero-order valence-electron chi connectivity index (χ0n) is 8.41. The highest BCUT2D eigenvalue weighted by Crippen LogP contribution is 2.24. The first-order chi connectivity index (χ1) is 7.47. The average molecular weight is 232 g/mol. The van der Waals surface area contributed by atoms with Gasteiger partial charge in [-0.2, -0.15) is 0 Å². The van der Waals surface area contributed by atoms with Crippen molar-refractivity contribution in [2.45, 2.75) is 12.5 Å². The van der Waals surface area contributed by atoms with Gasteiger partial charge in [-0.05, 0) is 12.1 Å². The Morgan fingerprint density at radius 2 is 2.12 bits per heavy atom. The number of ether oxygens (including phenoxy) is 1. The van der Waals surface area contributed by atoms with E-state index < -0.39 is 30.1 Å². The number of aliphatic hydroxyl groups is 1. The lowest BCUT2D eigenvalue weighted by molar-refractivity contribution is -0.146. The monoisotopic (exact) mass is 232 g/mol. The fourth-order valence-corrected chi connectivity index (χ4v) is 1.24. The summed E-state index contributed by atoms with van der Waals surface area (Å²) < 4.78 is 31.0. The Bertz CT molecular complexity index is 406. The standard InChI is InChI=1S/C10H10F2O4/c1-16-8-3-2-6(11)9(12)5(8)4-7(13)10(14)15/h2-3,7,13H,4H2,1H3,(H,14,15). The fraction of sp³-hybridized carbons (Fsp3) is 0.300. The summed E-state index contributed by atoms with van der Waals surface area (Å²) in [4.78, 5) is 10.4. The molecule has 0 aliphatic heterocycles. The molecule has 1 rings (SSSR count). The van der Waals surface area contributed by atoms with E-state index in [1.54, 1.807) is 0 Å². The molecule has 0 amide bonds. The smallest absolute Gasteiger partial charge is 0.332 e. The predicted octanol–water partition coefficient (Wildman–Crippen LogP) is 0.961. The van der Waals surface area contributed by atoms with Crippen LogP contribution in [0.1, 0.15) is 5.56 Å². The van der Waals surface area contributed by atoms with Gasteiger partial charge in [0.1, 0.15) is 5.75 Å². The summed E-state index contributed by atoms with van der Waals surface area (Å²) in [5, 5.41) is 17.5. The maximum Gasteiger partial charge on any atom is 0.332 e. The van der Waals surface area contributed by atoms with Gasteiger partial charge >= 0.3 is 5.97 Å². The molecule has 88 valence electrons. The van der Waals surface area contributed by atoms with Crippen molar-refractivity contribution in [3.05, 3.63) is 29.3 Å². The number of carbonyl (C=O) groups is 1. The van der Waals surface area contributed by atoms with E-state index in [2.05, 4.69) is 0 Å². The van der Waals surface area contributed by atoms with Crippen LogP contribution in [0.3, 0.4) is 0 Å². The van der Waals surface area contributed by atoms with Crippen molar-refractivity contribution >= 4 is 5.97 Å². The lowest BCUT2D eigenvalue weighted by Crippen LogP contribution is -2.23. The van der Waals surface area contributed by atoms with Gasteiger partial charge in [0.2, 0.25) is 0 Å². The van der Waals surface area contributed by atoms with E-state index in [4.69, 9.17) is 14.9 Å². The molecular formula is C10H10F2O4. The van der Waals surface area contributed by atoms with Crippen molar-refractivity contribution in [3.63, 3.8) is 0 Å². The fourth-order valence-electron chi connectivity index (χ4n) is 1.24. The Labute approximate surface area is 90.1 Å². The lowest BCUT2D eigenvalue weighted by atomic mass is 10.1. The van der Waals surface area contributed by atoms with Gasteiger partial charge in [0.05, 0.1) is 7.11 Å². The first kappa shape index (κ1) is 12.4. The number of methoxy groups -OCH3 is 1. The number of hydrogen-bond donors (Lipinski definition) is 2. The van der Waals surface area contributed by atoms with Crippen molar-refractivity contribution in [1.82, 2.24) is 0 Å². The zero-order valence-corrected chi connectivity index (χ0v) is 8.41. The molecule has 2 N–H and O–H groups in total. The van der Waals surface area contributed by atoms with Crippen LogP contribution in [0.4, 0.5) is 8.78 Å². The molecule has 16 heavy (non-hydrogen) atoms. The second-order valence-electron chi connectivity index (χ2n) is 3.10. The number of hydrogen-bond acceptors (Lipinski definition) is 3. The minimum atomic E-state index is -1.80. The topological polar surface area (TPSA) is 66.8 Å². The normalized spacial score (nSPS) is 12.2. The maximum atomic E-state index is 13.3. The Morgan fingerprint density at radius 3 is 2.62 bits per heavy atom. The average Bonchev–Trinajstić information content (AvgIpc) is 2.25. The highest BCUT2D eigenvalue weighted by Gasteiger charge is 2.21. The first-order valence-electron chi connectivity index (χ1n) is 4.39. The van der Waals surface area contributed by atoms with Crippen LogP contribution in [0, 0.1) is 11.6 Å². The second kappa shape index (κ2) is 4.89. The number of aliphatic hydroxyl groups excluding tert-OH is 1. The molecule has 6 heteroatoms. The number of carboxylic acid groups (broad SMARTS) is 1. The van der Waals surface area contributed by atoms with Gasteiger partial charge in [-0.1, -0.05) is 0 Å². The molecule has 0 bridgehead atoms. The van der Waals surface area contributed by atoms with E-state index >= 15 is 0 Å². The first-order valence-corrected chi connectivity index (χ1v) is 4.39. The number of rotatable bonds is 4. The Hall–Kier alpha value is -1.69. The van der Waals surface area contributed by atoms with Crippen molar-refractivity contribution in [2.75, 3.05) is 7.11 Å². The molecule has 0 aliphatic carbocycles. The summed E-state index contributed by atoms with van der Waals surface area (Å²) in [6, 6.07) is 2.03. The third-order valence-corrected chi connectivity index (χ3v) is 2.06. The summed E-state index contributed by atoms with van der Waals surface area (Å²) in [6.45, 7) is 0. The zero-order chi connectivity index (χ0) is 12.3. The minimum Gasteiger partial charge on any atom is -0.496 e. The summed E-state index contributed by atoms with van der Waals surface area (Å²) in [5.41, 5.74) is -0.294. The largest absolute Gasteiger partial charge is 0.496 e. The SMILES string of the molecule is COc1ccc(F)c(F)c1CC(O)C(=O)O. The van der Waals surface area contributed by atoms with Crippen LogP contribution in [0.15, 0.2) is 12.1 Å². The number of carboxylic acids is 1. The quantitative estimate of drug-likeness (QED) is 0.811. The molecule has 0 aromatic heterocycles. The van der Waals surface area contributed by atoms with E-state index in [1.807, 2.05) is 0 Å². The summed E-state index contributed by atoms with van der Waals surface area (Å²) >= 11 is 0. The summed E-state index contributed by atoms with van der Waals surface area (Å²) in [5.74, 6) is -3.84. The van der Waals surface area contributed by atoms with Crippen molar-refractivity contribution < 1.29 is 28.5 Å². The van der Waals surface area contributed by atoms with Gasteiger partial charge in [-0.3, -0.25) is 0 Å².